The number of halogens is 1. The van der Waals surface area contributed by atoms with Crippen LogP contribution in [0.4, 0.5) is 10.1 Å². The lowest BCUT2D eigenvalue weighted by molar-refractivity contribution is -0.385. The second kappa shape index (κ2) is 5.86. The molecule has 2 atom stereocenters. The summed E-state index contributed by atoms with van der Waals surface area (Å²) in [7, 11) is 0. The van der Waals surface area contributed by atoms with Gasteiger partial charge in [-0.1, -0.05) is 0 Å². The van der Waals surface area contributed by atoms with Crippen LogP contribution in [0.3, 0.4) is 0 Å². The van der Waals surface area contributed by atoms with E-state index in [2.05, 4.69) is 5.32 Å². The highest BCUT2D eigenvalue weighted by Crippen LogP contribution is 2.26. The molecule has 8 heteroatoms. The molecule has 2 rings (SSSR count). The van der Waals surface area contributed by atoms with Crippen molar-refractivity contribution in [3.8, 4) is 0 Å². The van der Waals surface area contributed by atoms with Crippen molar-refractivity contribution in [1.82, 2.24) is 5.32 Å². The van der Waals surface area contributed by atoms with E-state index in [1.807, 2.05) is 0 Å². The maximum Gasteiger partial charge on any atom is 0.306 e. The molecular formula is C13H13FN2O5. The summed E-state index contributed by atoms with van der Waals surface area (Å²) in [6.07, 6.45) is 1.28. The van der Waals surface area contributed by atoms with Gasteiger partial charge in [0.2, 0.25) is 0 Å². The Bertz CT molecular complexity index is 604. The molecule has 0 aromatic heterocycles. The Balaban J connectivity index is 2.07. The molecule has 21 heavy (non-hydrogen) atoms. The molecule has 0 heterocycles. The van der Waals surface area contributed by atoms with Gasteiger partial charge in [0.25, 0.3) is 11.6 Å². The minimum Gasteiger partial charge on any atom is -0.481 e. The van der Waals surface area contributed by atoms with Crippen molar-refractivity contribution in [1.29, 1.82) is 0 Å². The van der Waals surface area contributed by atoms with Gasteiger partial charge in [-0.3, -0.25) is 19.7 Å². The van der Waals surface area contributed by atoms with Crippen LogP contribution >= 0.6 is 0 Å². The normalized spacial score (nSPS) is 21.0. The van der Waals surface area contributed by atoms with Gasteiger partial charge in [-0.25, -0.2) is 4.39 Å². The van der Waals surface area contributed by atoms with Crippen LogP contribution in [0.1, 0.15) is 29.6 Å². The topological polar surface area (TPSA) is 110 Å². The number of hydrogen-bond acceptors (Lipinski definition) is 4. The van der Waals surface area contributed by atoms with Gasteiger partial charge < -0.3 is 10.4 Å². The molecule has 1 aromatic carbocycles. The predicted molar refractivity (Wildman–Crippen MR) is 69.3 cm³/mol. The van der Waals surface area contributed by atoms with Gasteiger partial charge in [0.15, 0.2) is 0 Å². The van der Waals surface area contributed by atoms with E-state index < -0.39 is 34.2 Å². The number of benzene rings is 1. The maximum atomic E-state index is 13.3. The first kappa shape index (κ1) is 14.9. The van der Waals surface area contributed by atoms with Crippen LogP contribution in [0.2, 0.25) is 0 Å². The van der Waals surface area contributed by atoms with Crippen molar-refractivity contribution in [2.24, 2.45) is 5.92 Å². The van der Waals surface area contributed by atoms with Gasteiger partial charge in [0.1, 0.15) is 5.82 Å². The zero-order valence-electron chi connectivity index (χ0n) is 10.9. The number of non-ortho nitro benzene ring substituents is 1. The summed E-state index contributed by atoms with van der Waals surface area (Å²) in [5.74, 6) is -2.93. The number of aliphatic carboxylic acids is 1. The third-order valence-electron chi connectivity index (χ3n) is 3.47. The first-order valence-electron chi connectivity index (χ1n) is 6.35. The molecule has 1 aliphatic rings. The summed E-state index contributed by atoms with van der Waals surface area (Å²) in [5, 5.41) is 22.1. The van der Waals surface area contributed by atoms with Crippen molar-refractivity contribution in [2.45, 2.75) is 25.3 Å². The Kier molecular flexibility index (Phi) is 4.15. The standard InChI is InChI=1S/C13H13FN2O5/c14-9-3-8(5-11(6-9)16(20)21)12(17)15-10-2-1-7(4-10)13(18)19/h3,5-7,10H,1-2,4H2,(H,15,17)(H,18,19). The molecule has 7 nitrogen and oxygen atoms in total. The zero-order chi connectivity index (χ0) is 15.6. The molecule has 2 N–H and O–H groups in total. The van der Waals surface area contributed by atoms with Crippen LogP contribution in [0.25, 0.3) is 0 Å². The molecule has 1 aliphatic carbocycles. The summed E-state index contributed by atoms with van der Waals surface area (Å²) >= 11 is 0. The van der Waals surface area contributed by atoms with Crippen LogP contribution in [-0.2, 0) is 4.79 Å². The first-order valence-corrected chi connectivity index (χ1v) is 6.35. The molecule has 1 aromatic rings. The number of hydrogen-bond donors (Lipinski definition) is 2. The largest absolute Gasteiger partial charge is 0.481 e. The zero-order valence-corrected chi connectivity index (χ0v) is 10.9. The number of carboxylic acid groups (broad SMARTS) is 1. The number of amides is 1. The van der Waals surface area contributed by atoms with E-state index in [1.165, 1.54) is 0 Å². The number of nitrogens with zero attached hydrogens (tertiary/aromatic N) is 1. The van der Waals surface area contributed by atoms with E-state index in [1.54, 1.807) is 0 Å². The number of rotatable bonds is 4. The monoisotopic (exact) mass is 296 g/mol. The number of carbonyl (C=O) groups is 2. The maximum absolute atomic E-state index is 13.3. The Morgan fingerprint density at radius 3 is 2.62 bits per heavy atom. The van der Waals surface area contributed by atoms with Crippen LogP contribution in [-0.4, -0.2) is 27.9 Å². The fourth-order valence-electron chi connectivity index (χ4n) is 2.42. The molecule has 1 fully saturated rings. The van der Waals surface area contributed by atoms with E-state index in [0.717, 1.165) is 18.2 Å². The van der Waals surface area contributed by atoms with Crippen LogP contribution in [0.5, 0.6) is 0 Å². The first-order chi connectivity index (χ1) is 9.86. The second-order valence-corrected chi connectivity index (χ2v) is 4.97. The minimum absolute atomic E-state index is 0.152. The van der Waals surface area contributed by atoms with Crippen molar-refractivity contribution < 1.29 is 24.0 Å². The smallest absolute Gasteiger partial charge is 0.306 e. The summed E-state index contributed by atoms with van der Waals surface area (Å²) in [5.41, 5.74) is -0.657. The predicted octanol–water partition coefficient (Wildman–Crippen LogP) is 1.72. The molecule has 2 unspecified atom stereocenters. The quantitative estimate of drug-likeness (QED) is 0.649. The Hall–Kier alpha value is -2.51. The van der Waals surface area contributed by atoms with Gasteiger partial charge >= 0.3 is 5.97 Å². The molecule has 0 radical (unpaired) electrons. The molecule has 0 spiro atoms. The SMILES string of the molecule is O=C(NC1CCC(C(=O)O)C1)c1cc(F)cc([N+](=O)[O-])c1. The third kappa shape index (κ3) is 3.53. The molecule has 1 amide bonds. The van der Waals surface area contributed by atoms with E-state index in [0.29, 0.717) is 19.3 Å². The van der Waals surface area contributed by atoms with Crippen LogP contribution in [0.15, 0.2) is 18.2 Å². The number of nitro benzene ring substituents is 1. The highest BCUT2D eigenvalue weighted by Gasteiger charge is 2.30. The lowest BCUT2D eigenvalue weighted by Crippen LogP contribution is -2.33. The third-order valence-corrected chi connectivity index (χ3v) is 3.47. The molecule has 112 valence electrons. The second-order valence-electron chi connectivity index (χ2n) is 4.97. The average molecular weight is 296 g/mol. The highest BCUT2D eigenvalue weighted by atomic mass is 19.1. The van der Waals surface area contributed by atoms with Gasteiger partial charge in [0.05, 0.1) is 16.9 Å². The van der Waals surface area contributed by atoms with Crippen LogP contribution in [0, 0.1) is 21.8 Å². The molecule has 0 saturated heterocycles. The Morgan fingerprint density at radius 2 is 2.05 bits per heavy atom. The van der Waals surface area contributed by atoms with Crippen molar-refractivity contribution in [3.05, 3.63) is 39.7 Å². The van der Waals surface area contributed by atoms with Gasteiger partial charge in [-0.05, 0) is 25.3 Å². The molecule has 0 aliphatic heterocycles. The van der Waals surface area contributed by atoms with E-state index in [9.17, 15) is 24.1 Å². The summed E-state index contributed by atoms with van der Waals surface area (Å²) in [4.78, 5) is 32.6. The Morgan fingerprint density at radius 1 is 1.33 bits per heavy atom. The van der Waals surface area contributed by atoms with E-state index >= 15 is 0 Å². The van der Waals surface area contributed by atoms with Gasteiger partial charge in [-0.2, -0.15) is 0 Å². The van der Waals surface area contributed by atoms with E-state index in [-0.39, 0.29) is 11.6 Å². The fourth-order valence-corrected chi connectivity index (χ4v) is 2.42. The fraction of sp³-hybridized carbons (Fsp3) is 0.385. The number of nitrogens with one attached hydrogen (secondary N) is 1. The number of carbonyl (C=O) groups excluding carboxylic acids is 1. The van der Waals surface area contributed by atoms with E-state index in [4.69, 9.17) is 5.11 Å². The number of nitro groups is 1. The Labute approximate surface area is 118 Å². The van der Waals surface area contributed by atoms with Gasteiger partial charge in [-0.15, -0.1) is 0 Å². The summed E-state index contributed by atoms with van der Waals surface area (Å²) in [6, 6.07) is 2.31. The minimum atomic E-state index is -0.909. The van der Waals surface area contributed by atoms with Crippen molar-refractivity contribution in [3.63, 3.8) is 0 Å². The molecule has 0 bridgehead atoms. The summed E-state index contributed by atoms with van der Waals surface area (Å²) in [6.45, 7) is 0. The molecule has 1 saturated carbocycles. The number of carboxylic acids is 1. The lowest BCUT2D eigenvalue weighted by Gasteiger charge is -2.12. The summed E-state index contributed by atoms with van der Waals surface area (Å²) < 4.78 is 13.3. The average Bonchev–Trinajstić information content (AvgIpc) is 2.86. The lowest BCUT2D eigenvalue weighted by atomic mass is 10.1. The highest BCUT2D eigenvalue weighted by molar-refractivity contribution is 5.95. The molecular weight excluding hydrogens is 283 g/mol. The van der Waals surface area contributed by atoms with Crippen molar-refractivity contribution >= 4 is 17.6 Å². The van der Waals surface area contributed by atoms with Gasteiger partial charge in [0, 0.05) is 17.7 Å². The van der Waals surface area contributed by atoms with Crippen LogP contribution < -0.4 is 5.32 Å². The van der Waals surface area contributed by atoms with Crippen molar-refractivity contribution in [2.75, 3.05) is 0 Å².